The minimum absolute atomic E-state index is 0.0409. The summed E-state index contributed by atoms with van der Waals surface area (Å²) in [4.78, 5) is 27.4. The van der Waals surface area contributed by atoms with Crippen molar-refractivity contribution in [2.24, 2.45) is 11.8 Å². The molecule has 2 amide bonds. The second-order valence-electron chi connectivity index (χ2n) is 6.81. The predicted octanol–water partition coefficient (Wildman–Crippen LogP) is 2.28. The Labute approximate surface area is 132 Å². The highest BCUT2D eigenvalue weighted by atomic mass is 32.2. The lowest BCUT2D eigenvalue weighted by molar-refractivity contribution is -0.155. The average Bonchev–Trinajstić information content (AvgIpc) is 3.23. The van der Waals surface area contributed by atoms with Gasteiger partial charge >= 0.3 is 0 Å². The van der Waals surface area contributed by atoms with Crippen LogP contribution < -0.4 is 5.32 Å². The van der Waals surface area contributed by atoms with Gasteiger partial charge in [0.1, 0.15) is 11.6 Å². The molecule has 21 heavy (non-hydrogen) atoms. The molecule has 0 aromatic carbocycles. The molecule has 120 valence electrons. The molecule has 0 radical (unpaired) electrons. The molecular weight excluding hydrogens is 284 g/mol. The number of nitrogens with zero attached hydrogens (tertiary/aromatic N) is 1. The Morgan fingerprint density at radius 3 is 2.57 bits per heavy atom. The number of rotatable bonds is 7. The van der Waals surface area contributed by atoms with Crippen molar-refractivity contribution in [3.8, 4) is 0 Å². The second-order valence-corrected chi connectivity index (χ2v) is 8.20. The van der Waals surface area contributed by atoms with Gasteiger partial charge in [-0.3, -0.25) is 9.59 Å². The molecule has 2 aliphatic rings. The van der Waals surface area contributed by atoms with E-state index < -0.39 is 5.54 Å². The van der Waals surface area contributed by atoms with Gasteiger partial charge in [0.25, 0.3) is 0 Å². The molecule has 1 saturated heterocycles. The van der Waals surface area contributed by atoms with Gasteiger partial charge in [0.05, 0.1) is 0 Å². The van der Waals surface area contributed by atoms with Crippen LogP contribution in [0.4, 0.5) is 0 Å². The highest BCUT2D eigenvalue weighted by Crippen LogP contribution is 2.42. The summed E-state index contributed by atoms with van der Waals surface area (Å²) in [6.45, 7) is 8.92. The van der Waals surface area contributed by atoms with E-state index in [-0.39, 0.29) is 17.9 Å². The van der Waals surface area contributed by atoms with E-state index in [2.05, 4.69) is 26.1 Å². The maximum absolute atomic E-state index is 13.0. The Hall–Kier alpha value is -0.710. The van der Waals surface area contributed by atoms with Crippen molar-refractivity contribution in [3.63, 3.8) is 0 Å². The lowest BCUT2D eigenvalue weighted by atomic mass is 9.87. The molecule has 1 aliphatic carbocycles. The van der Waals surface area contributed by atoms with Crippen molar-refractivity contribution in [2.75, 3.05) is 18.1 Å². The molecule has 2 fully saturated rings. The first-order chi connectivity index (χ1) is 9.90. The van der Waals surface area contributed by atoms with Gasteiger partial charge in [0, 0.05) is 12.3 Å². The van der Waals surface area contributed by atoms with Crippen LogP contribution in [-0.2, 0) is 9.59 Å². The van der Waals surface area contributed by atoms with E-state index in [4.69, 9.17) is 0 Å². The molecule has 2 atom stereocenters. The topological polar surface area (TPSA) is 49.4 Å². The fourth-order valence-corrected chi connectivity index (χ4v) is 3.77. The molecule has 1 saturated carbocycles. The largest absolute Gasteiger partial charge is 0.340 e. The Morgan fingerprint density at radius 1 is 1.38 bits per heavy atom. The first-order valence-electron chi connectivity index (χ1n) is 8.11. The summed E-state index contributed by atoms with van der Waals surface area (Å²) < 4.78 is 0. The van der Waals surface area contributed by atoms with Crippen LogP contribution in [0.15, 0.2) is 0 Å². The number of amides is 2. The van der Waals surface area contributed by atoms with E-state index >= 15 is 0 Å². The Kier molecular flexibility index (Phi) is 5.23. The van der Waals surface area contributed by atoms with Crippen molar-refractivity contribution >= 4 is 23.6 Å². The molecule has 0 spiro atoms. The summed E-state index contributed by atoms with van der Waals surface area (Å²) in [7, 11) is 0. The Balaban J connectivity index is 2.16. The zero-order chi connectivity index (χ0) is 15.6. The average molecular weight is 312 g/mol. The molecule has 0 aromatic heterocycles. The molecule has 1 aliphatic heterocycles. The molecule has 1 N–H and O–H groups in total. The first-order valence-corrected chi connectivity index (χ1v) is 9.26. The van der Waals surface area contributed by atoms with Crippen LogP contribution in [0.3, 0.4) is 0 Å². The van der Waals surface area contributed by atoms with Crippen LogP contribution in [-0.4, -0.2) is 46.3 Å². The van der Waals surface area contributed by atoms with Gasteiger partial charge in [0.15, 0.2) is 0 Å². The van der Waals surface area contributed by atoms with Crippen molar-refractivity contribution in [1.29, 1.82) is 0 Å². The third kappa shape index (κ3) is 3.55. The van der Waals surface area contributed by atoms with E-state index in [0.29, 0.717) is 18.4 Å². The monoisotopic (exact) mass is 312 g/mol. The van der Waals surface area contributed by atoms with Gasteiger partial charge in [-0.05, 0) is 43.8 Å². The van der Waals surface area contributed by atoms with Crippen LogP contribution in [0.5, 0.6) is 0 Å². The van der Waals surface area contributed by atoms with E-state index in [9.17, 15) is 9.59 Å². The number of piperazine rings is 1. The quantitative estimate of drug-likeness (QED) is 0.734. The van der Waals surface area contributed by atoms with Crippen molar-refractivity contribution in [1.82, 2.24) is 10.2 Å². The molecule has 2 rings (SSSR count). The zero-order valence-corrected chi connectivity index (χ0v) is 14.5. The highest BCUT2D eigenvalue weighted by Gasteiger charge is 2.55. The first kappa shape index (κ1) is 16.7. The minimum Gasteiger partial charge on any atom is -0.340 e. The highest BCUT2D eigenvalue weighted by molar-refractivity contribution is 7.99. The van der Waals surface area contributed by atoms with Crippen LogP contribution in [0.2, 0.25) is 0 Å². The summed E-state index contributed by atoms with van der Waals surface area (Å²) in [6.07, 6.45) is 2.85. The van der Waals surface area contributed by atoms with Crippen LogP contribution >= 0.6 is 11.8 Å². The van der Waals surface area contributed by atoms with Gasteiger partial charge in [0.2, 0.25) is 11.8 Å². The van der Waals surface area contributed by atoms with Gasteiger partial charge in [-0.15, -0.1) is 0 Å². The van der Waals surface area contributed by atoms with Crippen molar-refractivity contribution in [2.45, 2.75) is 58.5 Å². The third-order valence-electron chi connectivity index (χ3n) is 4.54. The lowest BCUT2D eigenvalue weighted by Gasteiger charge is -2.45. The Bertz CT molecular complexity index is 409. The maximum atomic E-state index is 13.0. The van der Waals surface area contributed by atoms with Gasteiger partial charge in [-0.1, -0.05) is 20.8 Å². The van der Waals surface area contributed by atoms with Gasteiger partial charge in [-0.2, -0.15) is 11.8 Å². The van der Waals surface area contributed by atoms with E-state index in [1.807, 2.05) is 23.6 Å². The summed E-state index contributed by atoms with van der Waals surface area (Å²) in [5.74, 6) is 2.86. The molecule has 4 nitrogen and oxygen atoms in total. The van der Waals surface area contributed by atoms with Crippen LogP contribution in [0.1, 0.15) is 47.0 Å². The third-order valence-corrected chi connectivity index (χ3v) is 5.42. The minimum atomic E-state index is -0.665. The number of hydrogen-bond acceptors (Lipinski definition) is 3. The fourth-order valence-electron chi connectivity index (χ4n) is 3.16. The van der Waals surface area contributed by atoms with E-state index in [0.717, 1.165) is 30.8 Å². The molecule has 2 unspecified atom stereocenters. The summed E-state index contributed by atoms with van der Waals surface area (Å²) in [6, 6.07) is -0.290. The van der Waals surface area contributed by atoms with Crippen molar-refractivity contribution < 1.29 is 9.59 Å². The molecular formula is C16H28N2O2S. The smallest absolute Gasteiger partial charge is 0.249 e. The SMILES string of the molecule is CCSCCN1C(=O)C(C)(C2CC2)NC(=O)C1CC(C)C. The number of nitrogens with one attached hydrogen (secondary N) is 1. The normalized spacial score (nSPS) is 30.0. The van der Waals surface area contributed by atoms with Crippen molar-refractivity contribution in [3.05, 3.63) is 0 Å². The zero-order valence-electron chi connectivity index (χ0n) is 13.6. The van der Waals surface area contributed by atoms with Crippen LogP contribution in [0.25, 0.3) is 0 Å². The molecule has 0 bridgehead atoms. The Morgan fingerprint density at radius 2 is 2.05 bits per heavy atom. The van der Waals surface area contributed by atoms with E-state index in [1.165, 1.54) is 0 Å². The van der Waals surface area contributed by atoms with Gasteiger partial charge < -0.3 is 10.2 Å². The molecule has 5 heteroatoms. The maximum Gasteiger partial charge on any atom is 0.249 e. The number of thioether (sulfide) groups is 1. The second kappa shape index (κ2) is 6.59. The summed E-state index contributed by atoms with van der Waals surface area (Å²) in [5, 5.41) is 3.04. The lowest BCUT2D eigenvalue weighted by Crippen LogP contribution is -2.70. The molecule has 1 heterocycles. The fraction of sp³-hybridized carbons (Fsp3) is 0.875. The number of carbonyl (C=O) groups excluding carboxylic acids is 2. The van der Waals surface area contributed by atoms with E-state index in [1.54, 1.807) is 0 Å². The summed E-state index contributed by atoms with van der Waals surface area (Å²) >= 11 is 1.82. The number of carbonyl (C=O) groups is 2. The number of hydrogen-bond donors (Lipinski definition) is 1. The standard InChI is InChI=1S/C16H28N2O2S/c1-5-21-9-8-18-13(10-11(2)3)14(19)17-16(4,15(18)20)12-6-7-12/h11-13H,5-10H2,1-4H3,(H,17,19). The molecule has 0 aromatic rings. The summed E-state index contributed by atoms with van der Waals surface area (Å²) in [5.41, 5.74) is -0.665. The van der Waals surface area contributed by atoms with Gasteiger partial charge in [-0.25, -0.2) is 0 Å². The van der Waals surface area contributed by atoms with Crippen LogP contribution in [0, 0.1) is 11.8 Å². The predicted molar refractivity (Wildman–Crippen MR) is 87.2 cm³/mol.